The molecule has 0 saturated heterocycles. The molecule has 0 aliphatic heterocycles. The Morgan fingerprint density at radius 1 is 1.32 bits per heavy atom. The van der Waals surface area contributed by atoms with E-state index in [0.717, 1.165) is 0 Å². The van der Waals surface area contributed by atoms with Crippen LogP contribution in [0.3, 0.4) is 0 Å². The van der Waals surface area contributed by atoms with Crippen LogP contribution in [0.2, 0.25) is 0 Å². The largest absolute Gasteiger partial charge is 0.478 e. The molecule has 0 saturated carbocycles. The van der Waals surface area contributed by atoms with Crippen LogP contribution in [0.15, 0.2) is 12.1 Å². The zero-order valence-electron chi connectivity index (χ0n) is 10.1. The van der Waals surface area contributed by atoms with Crippen LogP contribution in [-0.2, 0) is 10.0 Å². The van der Waals surface area contributed by atoms with Crippen molar-refractivity contribution in [2.75, 3.05) is 10.5 Å². The molecule has 0 heterocycles. The van der Waals surface area contributed by atoms with Crippen LogP contribution in [0.4, 0.5) is 14.5 Å². The summed E-state index contributed by atoms with van der Waals surface area (Å²) in [7, 11) is -3.78. The summed E-state index contributed by atoms with van der Waals surface area (Å²) in [4.78, 5) is 10.9. The molecule has 19 heavy (non-hydrogen) atoms. The van der Waals surface area contributed by atoms with E-state index in [-0.39, 0.29) is 5.75 Å². The topological polar surface area (TPSA) is 83.5 Å². The van der Waals surface area contributed by atoms with Crippen LogP contribution in [-0.4, -0.2) is 25.2 Å². The van der Waals surface area contributed by atoms with Gasteiger partial charge in [-0.2, -0.15) is 0 Å². The molecule has 1 rings (SSSR count). The predicted molar refractivity (Wildman–Crippen MR) is 65.6 cm³/mol. The number of unbranched alkanes of at least 4 members (excludes halogenated alkanes) is 1. The Morgan fingerprint density at radius 3 is 2.42 bits per heavy atom. The molecule has 0 aliphatic rings. The first-order chi connectivity index (χ1) is 8.76. The number of anilines is 1. The highest BCUT2D eigenvalue weighted by Gasteiger charge is 2.19. The van der Waals surface area contributed by atoms with Gasteiger partial charge in [0.15, 0.2) is 11.6 Å². The van der Waals surface area contributed by atoms with Crippen molar-refractivity contribution in [3.63, 3.8) is 0 Å². The lowest BCUT2D eigenvalue weighted by Gasteiger charge is -2.10. The fourth-order valence-corrected chi connectivity index (χ4v) is 2.64. The molecule has 0 aromatic heterocycles. The van der Waals surface area contributed by atoms with Gasteiger partial charge >= 0.3 is 5.97 Å². The average Bonchev–Trinajstić information content (AvgIpc) is 2.30. The van der Waals surface area contributed by atoms with E-state index in [9.17, 15) is 22.0 Å². The summed E-state index contributed by atoms with van der Waals surface area (Å²) in [5, 5.41) is 8.83. The fourth-order valence-electron chi connectivity index (χ4n) is 1.36. The van der Waals surface area contributed by atoms with Crippen molar-refractivity contribution in [3.05, 3.63) is 29.3 Å². The number of carbonyl (C=O) groups is 1. The van der Waals surface area contributed by atoms with Gasteiger partial charge in [0.25, 0.3) is 0 Å². The Hall–Kier alpha value is -1.70. The van der Waals surface area contributed by atoms with Gasteiger partial charge in [-0.05, 0) is 12.5 Å². The number of sulfonamides is 1. The minimum atomic E-state index is -3.78. The van der Waals surface area contributed by atoms with Crippen molar-refractivity contribution < 1.29 is 27.1 Å². The van der Waals surface area contributed by atoms with E-state index in [1.54, 1.807) is 6.92 Å². The van der Waals surface area contributed by atoms with Crippen molar-refractivity contribution in [1.29, 1.82) is 0 Å². The number of hydrogen-bond acceptors (Lipinski definition) is 3. The Balaban J connectivity index is 3.13. The second-order valence-electron chi connectivity index (χ2n) is 3.89. The van der Waals surface area contributed by atoms with Gasteiger partial charge in [-0.25, -0.2) is 22.0 Å². The molecule has 2 N–H and O–H groups in total. The minimum Gasteiger partial charge on any atom is -0.478 e. The molecule has 1 aromatic carbocycles. The number of nitrogens with one attached hydrogen (secondary N) is 1. The molecule has 5 nitrogen and oxygen atoms in total. The fraction of sp³-hybridized carbons (Fsp3) is 0.364. The van der Waals surface area contributed by atoms with Gasteiger partial charge in [0.2, 0.25) is 10.0 Å². The number of rotatable bonds is 6. The van der Waals surface area contributed by atoms with Gasteiger partial charge in [0.1, 0.15) is 0 Å². The van der Waals surface area contributed by atoms with Gasteiger partial charge < -0.3 is 5.11 Å². The van der Waals surface area contributed by atoms with Crippen LogP contribution in [0, 0.1) is 11.6 Å². The van der Waals surface area contributed by atoms with Crippen LogP contribution >= 0.6 is 0 Å². The van der Waals surface area contributed by atoms with E-state index in [0.29, 0.717) is 25.0 Å². The second kappa shape index (κ2) is 5.96. The summed E-state index contributed by atoms with van der Waals surface area (Å²) in [6.07, 6.45) is 1.01. The zero-order valence-corrected chi connectivity index (χ0v) is 10.9. The normalized spacial score (nSPS) is 11.3. The number of benzene rings is 1. The van der Waals surface area contributed by atoms with Crippen LogP contribution < -0.4 is 4.72 Å². The number of carboxylic acid groups (broad SMARTS) is 1. The Kier molecular flexibility index (Phi) is 4.82. The van der Waals surface area contributed by atoms with E-state index in [2.05, 4.69) is 0 Å². The highest BCUT2D eigenvalue weighted by molar-refractivity contribution is 7.92. The zero-order chi connectivity index (χ0) is 14.6. The molecular formula is C11H13F2NO4S. The van der Waals surface area contributed by atoms with Crippen LogP contribution in [0.25, 0.3) is 0 Å². The Bertz CT molecular complexity index is 587. The van der Waals surface area contributed by atoms with Gasteiger partial charge in [-0.1, -0.05) is 13.3 Å². The van der Waals surface area contributed by atoms with Crippen molar-refractivity contribution in [2.24, 2.45) is 0 Å². The summed E-state index contributed by atoms with van der Waals surface area (Å²) in [5.74, 6) is -4.44. The standard InChI is InChI=1S/C11H13F2NO4S/c1-2-3-4-19(17,18)14-10-6-9(13)8(12)5-7(10)11(15)16/h5-6,14H,2-4H2,1H3,(H,15,16). The lowest BCUT2D eigenvalue weighted by Crippen LogP contribution is -2.19. The van der Waals surface area contributed by atoms with Gasteiger partial charge in [-0.3, -0.25) is 4.72 Å². The van der Waals surface area contributed by atoms with Crippen molar-refractivity contribution >= 4 is 21.7 Å². The quantitative estimate of drug-likeness (QED) is 0.842. The first-order valence-electron chi connectivity index (χ1n) is 5.49. The first kappa shape index (κ1) is 15.4. The molecule has 0 atom stereocenters. The van der Waals surface area contributed by atoms with E-state index in [1.807, 2.05) is 4.72 Å². The molecular weight excluding hydrogens is 280 g/mol. The average molecular weight is 293 g/mol. The molecule has 1 aromatic rings. The maximum Gasteiger partial charge on any atom is 0.337 e. The van der Waals surface area contributed by atoms with Crippen molar-refractivity contribution in [2.45, 2.75) is 19.8 Å². The van der Waals surface area contributed by atoms with Crippen molar-refractivity contribution in [1.82, 2.24) is 0 Å². The Morgan fingerprint density at radius 2 is 1.89 bits per heavy atom. The van der Waals surface area contributed by atoms with E-state index >= 15 is 0 Å². The third kappa shape index (κ3) is 4.16. The minimum absolute atomic E-state index is 0.221. The smallest absolute Gasteiger partial charge is 0.337 e. The molecule has 0 aliphatic carbocycles. The molecule has 0 fully saturated rings. The molecule has 106 valence electrons. The monoisotopic (exact) mass is 293 g/mol. The molecule has 0 spiro atoms. The molecule has 0 unspecified atom stereocenters. The van der Waals surface area contributed by atoms with E-state index < -0.39 is 38.9 Å². The number of carboxylic acids is 1. The number of hydrogen-bond donors (Lipinski definition) is 2. The number of halogens is 2. The lowest BCUT2D eigenvalue weighted by molar-refractivity contribution is 0.0697. The molecule has 0 bridgehead atoms. The second-order valence-corrected chi connectivity index (χ2v) is 5.73. The van der Waals surface area contributed by atoms with Crippen LogP contribution in [0.1, 0.15) is 30.1 Å². The third-order valence-corrected chi connectivity index (χ3v) is 3.68. The van der Waals surface area contributed by atoms with E-state index in [4.69, 9.17) is 5.11 Å². The Labute approximate surface area is 109 Å². The predicted octanol–water partition coefficient (Wildman–Crippen LogP) is 2.20. The SMILES string of the molecule is CCCCS(=O)(=O)Nc1cc(F)c(F)cc1C(=O)O. The maximum atomic E-state index is 13.0. The molecule has 0 radical (unpaired) electrons. The maximum absolute atomic E-state index is 13.0. The lowest BCUT2D eigenvalue weighted by atomic mass is 10.2. The molecule has 0 amide bonds. The van der Waals surface area contributed by atoms with E-state index in [1.165, 1.54) is 0 Å². The highest BCUT2D eigenvalue weighted by Crippen LogP contribution is 2.21. The van der Waals surface area contributed by atoms with Crippen molar-refractivity contribution in [3.8, 4) is 0 Å². The third-order valence-electron chi connectivity index (χ3n) is 2.32. The van der Waals surface area contributed by atoms with Crippen LogP contribution in [0.5, 0.6) is 0 Å². The summed E-state index contributed by atoms with van der Waals surface area (Å²) in [5.41, 5.74) is -1.12. The summed E-state index contributed by atoms with van der Waals surface area (Å²) in [6, 6.07) is 0.956. The van der Waals surface area contributed by atoms with Gasteiger partial charge in [0.05, 0.1) is 17.0 Å². The summed E-state index contributed by atoms with van der Waals surface area (Å²) in [6.45, 7) is 1.79. The highest BCUT2D eigenvalue weighted by atomic mass is 32.2. The summed E-state index contributed by atoms with van der Waals surface area (Å²) < 4.78 is 51.2. The molecule has 8 heteroatoms. The number of aromatic carboxylic acids is 1. The first-order valence-corrected chi connectivity index (χ1v) is 7.15. The summed E-state index contributed by atoms with van der Waals surface area (Å²) >= 11 is 0. The van der Waals surface area contributed by atoms with Gasteiger partial charge in [0, 0.05) is 6.07 Å². The van der Waals surface area contributed by atoms with Gasteiger partial charge in [-0.15, -0.1) is 0 Å².